The molecule has 0 radical (unpaired) electrons. The Morgan fingerprint density at radius 3 is 2.41 bits per heavy atom. The first-order valence-corrected chi connectivity index (χ1v) is 6.09. The lowest BCUT2D eigenvalue weighted by Gasteiger charge is -2.26. The zero-order valence-electron chi connectivity index (χ0n) is 9.97. The van der Waals surface area contributed by atoms with Crippen LogP contribution in [0.2, 0.25) is 0 Å². The molecule has 0 saturated carbocycles. The number of nitrogens with zero attached hydrogens (tertiary/aromatic N) is 2. The predicted octanol–water partition coefficient (Wildman–Crippen LogP) is 1.77. The van der Waals surface area contributed by atoms with Crippen LogP contribution in [0, 0.1) is 0 Å². The van der Waals surface area contributed by atoms with E-state index >= 15 is 0 Å². The fraction of sp³-hybridized carbons (Fsp3) is 0.462. The molecule has 1 saturated heterocycles. The summed E-state index contributed by atoms with van der Waals surface area (Å²) in [4.78, 5) is 2.47. The third-order valence-electron chi connectivity index (χ3n) is 3.21. The summed E-state index contributed by atoms with van der Waals surface area (Å²) in [5, 5.41) is 11.6. The van der Waals surface area contributed by atoms with Crippen LogP contribution in [0.4, 0.5) is 0 Å². The number of hydrogen-bond acceptors (Lipinski definition) is 3. The molecular formula is C13H19N3O. The van der Waals surface area contributed by atoms with Crippen molar-refractivity contribution in [2.24, 2.45) is 10.9 Å². The van der Waals surface area contributed by atoms with Gasteiger partial charge < -0.3 is 10.9 Å². The summed E-state index contributed by atoms with van der Waals surface area (Å²) < 4.78 is 0. The highest BCUT2D eigenvalue weighted by Crippen LogP contribution is 2.13. The van der Waals surface area contributed by atoms with Crippen LogP contribution in [0.25, 0.3) is 0 Å². The van der Waals surface area contributed by atoms with Crippen molar-refractivity contribution < 1.29 is 5.21 Å². The van der Waals surface area contributed by atoms with Gasteiger partial charge in [-0.05, 0) is 31.5 Å². The first-order valence-electron chi connectivity index (χ1n) is 6.09. The van der Waals surface area contributed by atoms with Crippen molar-refractivity contribution in [1.29, 1.82) is 0 Å². The van der Waals surface area contributed by atoms with Gasteiger partial charge in [-0.3, -0.25) is 4.90 Å². The molecule has 3 N–H and O–H groups in total. The Morgan fingerprint density at radius 1 is 1.18 bits per heavy atom. The van der Waals surface area contributed by atoms with Gasteiger partial charge in [0.2, 0.25) is 0 Å². The lowest BCUT2D eigenvalue weighted by molar-refractivity contribution is 0.221. The fourth-order valence-electron chi connectivity index (χ4n) is 2.21. The van der Waals surface area contributed by atoms with E-state index in [9.17, 15) is 0 Å². The second-order valence-corrected chi connectivity index (χ2v) is 4.52. The third-order valence-corrected chi connectivity index (χ3v) is 3.21. The number of benzene rings is 1. The minimum atomic E-state index is 0.162. The van der Waals surface area contributed by atoms with Gasteiger partial charge in [0.05, 0.1) is 0 Å². The second kappa shape index (κ2) is 5.68. The third kappa shape index (κ3) is 3.20. The Kier molecular flexibility index (Phi) is 3.98. The van der Waals surface area contributed by atoms with E-state index in [1.165, 1.54) is 37.9 Å². The zero-order valence-corrected chi connectivity index (χ0v) is 9.97. The van der Waals surface area contributed by atoms with Gasteiger partial charge in [0, 0.05) is 12.1 Å². The Bertz CT molecular complexity index is 380. The number of hydrogen-bond donors (Lipinski definition) is 2. The van der Waals surface area contributed by atoms with Crippen LogP contribution in [0.3, 0.4) is 0 Å². The Hall–Kier alpha value is -1.55. The van der Waals surface area contributed by atoms with E-state index in [0.29, 0.717) is 0 Å². The maximum absolute atomic E-state index is 8.57. The number of amidine groups is 1. The monoisotopic (exact) mass is 233 g/mol. The van der Waals surface area contributed by atoms with Gasteiger partial charge >= 0.3 is 0 Å². The van der Waals surface area contributed by atoms with Crippen molar-refractivity contribution in [3.05, 3.63) is 35.4 Å². The molecule has 1 aliphatic heterocycles. The fourth-order valence-corrected chi connectivity index (χ4v) is 2.21. The van der Waals surface area contributed by atoms with Gasteiger partial charge in [-0.15, -0.1) is 0 Å². The summed E-state index contributed by atoms with van der Waals surface area (Å²) in [5.74, 6) is 0.162. The van der Waals surface area contributed by atoms with E-state index in [1.54, 1.807) is 0 Å². The van der Waals surface area contributed by atoms with Crippen molar-refractivity contribution >= 4 is 5.84 Å². The van der Waals surface area contributed by atoms with Gasteiger partial charge in [-0.2, -0.15) is 0 Å². The summed E-state index contributed by atoms with van der Waals surface area (Å²) in [6.07, 6.45) is 3.98. The smallest absolute Gasteiger partial charge is 0.170 e. The maximum atomic E-state index is 8.57. The summed E-state index contributed by atoms with van der Waals surface area (Å²) in [5.41, 5.74) is 7.56. The molecule has 0 amide bonds. The number of nitrogens with two attached hydrogens (primary N) is 1. The molecule has 1 aromatic carbocycles. The van der Waals surface area contributed by atoms with Crippen LogP contribution in [-0.2, 0) is 6.54 Å². The van der Waals surface area contributed by atoms with E-state index in [-0.39, 0.29) is 5.84 Å². The van der Waals surface area contributed by atoms with Gasteiger partial charge in [-0.25, -0.2) is 0 Å². The SMILES string of the molecule is NC(=NO)c1ccc(CN2CCCCC2)cc1. The van der Waals surface area contributed by atoms with E-state index in [2.05, 4.69) is 10.1 Å². The molecule has 0 aromatic heterocycles. The standard InChI is InChI=1S/C13H19N3O/c14-13(15-17)12-6-4-11(5-7-12)10-16-8-2-1-3-9-16/h4-7,17H,1-3,8-10H2,(H2,14,15). The average molecular weight is 233 g/mol. The van der Waals surface area contributed by atoms with E-state index in [4.69, 9.17) is 10.9 Å². The van der Waals surface area contributed by atoms with Crippen molar-refractivity contribution in [1.82, 2.24) is 4.90 Å². The molecule has 92 valence electrons. The summed E-state index contributed by atoms with van der Waals surface area (Å²) in [7, 11) is 0. The summed E-state index contributed by atoms with van der Waals surface area (Å²) >= 11 is 0. The molecule has 1 fully saturated rings. The molecular weight excluding hydrogens is 214 g/mol. The molecule has 17 heavy (non-hydrogen) atoms. The number of rotatable bonds is 3. The highest BCUT2D eigenvalue weighted by Gasteiger charge is 2.10. The molecule has 1 heterocycles. The van der Waals surface area contributed by atoms with Crippen LogP contribution >= 0.6 is 0 Å². The van der Waals surface area contributed by atoms with E-state index in [1.807, 2.05) is 24.3 Å². The molecule has 0 spiro atoms. The van der Waals surface area contributed by atoms with Crippen LogP contribution in [0.1, 0.15) is 30.4 Å². The lowest BCUT2D eigenvalue weighted by Crippen LogP contribution is -2.29. The summed E-state index contributed by atoms with van der Waals surface area (Å²) in [6.45, 7) is 3.39. The predicted molar refractivity (Wildman–Crippen MR) is 68.1 cm³/mol. The first-order chi connectivity index (χ1) is 8.29. The normalized spacial score (nSPS) is 18.2. The van der Waals surface area contributed by atoms with Crippen molar-refractivity contribution in [3.8, 4) is 0 Å². The van der Waals surface area contributed by atoms with Crippen molar-refractivity contribution in [2.45, 2.75) is 25.8 Å². The van der Waals surface area contributed by atoms with Crippen LogP contribution in [-0.4, -0.2) is 29.0 Å². The molecule has 0 unspecified atom stereocenters. The molecule has 1 aliphatic rings. The van der Waals surface area contributed by atoms with Gasteiger partial charge in [-0.1, -0.05) is 35.8 Å². The van der Waals surface area contributed by atoms with E-state index < -0.39 is 0 Å². The largest absolute Gasteiger partial charge is 0.409 e. The topological polar surface area (TPSA) is 61.9 Å². The molecule has 4 heteroatoms. The van der Waals surface area contributed by atoms with Crippen LogP contribution in [0.15, 0.2) is 29.4 Å². The van der Waals surface area contributed by atoms with Crippen molar-refractivity contribution in [3.63, 3.8) is 0 Å². The Labute approximate surface area is 102 Å². The van der Waals surface area contributed by atoms with Crippen molar-refractivity contribution in [2.75, 3.05) is 13.1 Å². The quantitative estimate of drug-likeness (QED) is 0.362. The molecule has 0 aliphatic carbocycles. The highest BCUT2D eigenvalue weighted by atomic mass is 16.4. The molecule has 2 rings (SSSR count). The number of oxime groups is 1. The van der Waals surface area contributed by atoms with Gasteiger partial charge in [0.1, 0.15) is 0 Å². The van der Waals surface area contributed by atoms with E-state index in [0.717, 1.165) is 12.1 Å². The zero-order chi connectivity index (χ0) is 12.1. The van der Waals surface area contributed by atoms with Gasteiger partial charge in [0.15, 0.2) is 5.84 Å². The molecule has 0 atom stereocenters. The lowest BCUT2D eigenvalue weighted by atomic mass is 10.1. The summed E-state index contributed by atoms with van der Waals surface area (Å²) in [6, 6.07) is 7.88. The molecule has 1 aromatic rings. The Balaban J connectivity index is 1.97. The molecule has 4 nitrogen and oxygen atoms in total. The minimum Gasteiger partial charge on any atom is -0.409 e. The Morgan fingerprint density at radius 2 is 1.82 bits per heavy atom. The first kappa shape index (κ1) is 11.9. The number of likely N-dealkylation sites (tertiary alicyclic amines) is 1. The maximum Gasteiger partial charge on any atom is 0.170 e. The minimum absolute atomic E-state index is 0.162. The molecule has 0 bridgehead atoms. The average Bonchev–Trinajstić information content (AvgIpc) is 2.40. The van der Waals surface area contributed by atoms with Gasteiger partial charge in [0.25, 0.3) is 0 Å². The second-order valence-electron chi connectivity index (χ2n) is 4.52. The highest BCUT2D eigenvalue weighted by molar-refractivity contribution is 5.96. The van der Waals surface area contributed by atoms with Crippen LogP contribution in [0.5, 0.6) is 0 Å². The van der Waals surface area contributed by atoms with Crippen LogP contribution < -0.4 is 5.73 Å². The number of piperidine rings is 1.